The summed E-state index contributed by atoms with van der Waals surface area (Å²) in [5.41, 5.74) is 4.57. The number of carbonyl (C=O) groups is 2. The van der Waals surface area contributed by atoms with Gasteiger partial charge in [-0.25, -0.2) is 4.79 Å². The zero-order chi connectivity index (χ0) is 21.0. The highest BCUT2D eigenvalue weighted by Gasteiger charge is 2.44. The molecule has 8 nitrogen and oxygen atoms in total. The fraction of sp³-hybridized carbons (Fsp3) is 0.579. The molecular formula is C19H29NO7. The quantitative estimate of drug-likeness (QED) is 0.416. The molecule has 1 aromatic carbocycles. The van der Waals surface area contributed by atoms with Gasteiger partial charge in [0.25, 0.3) is 0 Å². The van der Waals surface area contributed by atoms with Gasteiger partial charge in [-0.3, -0.25) is 4.79 Å². The van der Waals surface area contributed by atoms with Crippen LogP contribution in [0.4, 0.5) is 4.79 Å². The van der Waals surface area contributed by atoms with Crippen LogP contribution in [0, 0.1) is 11.3 Å². The Bertz CT molecular complexity index is 683. The lowest BCUT2D eigenvalue weighted by Crippen LogP contribution is -2.58. The van der Waals surface area contributed by atoms with Gasteiger partial charge in [-0.2, -0.15) is 0 Å². The van der Waals surface area contributed by atoms with Crippen LogP contribution in [-0.4, -0.2) is 45.7 Å². The number of ether oxygens (including phenoxy) is 2. The van der Waals surface area contributed by atoms with Gasteiger partial charge in [0, 0.05) is 12.3 Å². The Hall–Kier alpha value is -2.48. The summed E-state index contributed by atoms with van der Waals surface area (Å²) >= 11 is 0. The normalized spacial score (nSPS) is 16.1. The van der Waals surface area contributed by atoms with E-state index in [2.05, 4.69) is 0 Å². The first-order valence-corrected chi connectivity index (χ1v) is 8.63. The van der Waals surface area contributed by atoms with Crippen molar-refractivity contribution in [2.45, 2.75) is 52.7 Å². The Labute approximate surface area is 158 Å². The molecule has 0 saturated carbocycles. The average molecular weight is 383 g/mol. The number of rotatable bonds is 7. The minimum atomic E-state index is -1.77. The van der Waals surface area contributed by atoms with E-state index in [9.17, 15) is 24.9 Å². The molecule has 3 atom stereocenters. The molecule has 0 spiro atoms. The summed E-state index contributed by atoms with van der Waals surface area (Å²) in [5, 5.41) is 28.7. The van der Waals surface area contributed by atoms with Crippen molar-refractivity contribution in [3.05, 3.63) is 23.8 Å². The van der Waals surface area contributed by atoms with Crippen LogP contribution in [0.25, 0.3) is 0 Å². The predicted molar refractivity (Wildman–Crippen MR) is 98.5 cm³/mol. The molecule has 0 aromatic heterocycles. The number of phenols is 2. The van der Waals surface area contributed by atoms with Crippen LogP contribution in [0.2, 0.25) is 0 Å². The number of carbonyl (C=O) groups excluding carboxylic acids is 1. The van der Waals surface area contributed by atoms with Crippen molar-refractivity contribution in [3.63, 3.8) is 0 Å². The fourth-order valence-electron chi connectivity index (χ4n) is 2.43. The average Bonchev–Trinajstić information content (AvgIpc) is 2.54. The molecule has 1 rings (SSSR count). The van der Waals surface area contributed by atoms with Gasteiger partial charge in [-0.15, -0.1) is 0 Å². The van der Waals surface area contributed by atoms with E-state index in [1.54, 1.807) is 13.8 Å². The van der Waals surface area contributed by atoms with Crippen molar-refractivity contribution >= 4 is 12.1 Å². The Morgan fingerprint density at radius 2 is 1.74 bits per heavy atom. The zero-order valence-electron chi connectivity index (χ0n) is 16.4. The Kier molecular flexibility index (Phi) is 7.08. The molecule has 0 heterocycles. The van der Waals surface area contributed by atoms with Gasteiger partial charge in [0.15, 0.2) is 11.5 Å². The van der Waals surface area contributed by atoms with Crippen LogP contribution in [-0.2, 0) is 20.7 Å². The van der Waals surface area contributed by atoms with Gasteiger partial charge in [-0.1, -0.05) is 33.8 Å². The van der Waals surface area contributed by atoms with E-state index >= 15 is 0 Å². The number of carboxylic acids is 1. The van der Waals surface area contributed by atoms with Crippen LogP contribution in [0.15, 0.2) is 18.2 Å². The van der Waals surface area contributed by atoms with Crippen LogP contribution in [0.5, 0.6) is 11.5 Å². The molecule has 0 amide bonds. The van der Waals surface area contributed by atoms with E-state index in [4.69, 9.17) is 15.2 Å². The number of benzene rings is 1. The molecule has 0 saturated heterocycles. The van der Waals surface area contributed by atoms with E-state index in [0.29, 0.717) is 5.56 Å². The number of aromatic hydroxyl groups is 2. The van der Waals surface area contributed by atoms with Crippen LogP contribution < -0.4 is 5.73 Å². The Balaban J connectivity index is 2.89. The van der Waals surface area contributed by atoms with E-state index in [1.807, 2.05) is 20.8 Å². The number of hydrogen-bond donors (Lipinski definition) is 4. The summed E-state index contributed by atoms with van der Waals surface area (Å²) in [6.45, 7) is 8.96. The second kappa shape index (κ2) is 8.47. The molecule has 5 N–H and O–H groups in total. The molecule has 0 aliphatic carbocycles. The van der Waals surface area contributed by atoms with Crippen LogP contribution in [0.1, 0.15) is 40.2 Å². The third kappa shape index (κ3) is 6.32. The Morgan fingerprint density at radius 1 is 1.15 bits per heavy atom. The topological polar surface area (TPSA) is 139 Å². The largest absolute Gasteiger partial charge is 0.508 e. The minimum absolute atomic E-state index is 0.137. The second-order valence-corrected chi connectivity index (χ2v) is 8.06. The van der Waals surface area contributed by atoms with E-state index in [1.165, 1.54) is 18.2 Å². The maximum Gasteiger partial charge on any atom is 0.508 e. The first kappa shape index (κ1) is 22.6. The summed E-state index contributed by atoms with van der Waals surface area (Å²) in [4.78, 5) is 23.7. The highest BCUT2D eigenvalue weighted by atomic mass is 16.7. The molecule has 27 heavy (non-hydrogen) atoms. The highest BCUT2D eigenvalue weighted by molar-refractivity contribution is 5.79. The molecule has 1 aromatic rings. The molecule has 0 aliphatic rings. The number of hydrogen-bond acceptors (Lipinski definition) is 7. The number of phenolic OH excluding ortho intramolecular Hbond substituents is 2. The smallest absolute Gasteiger partial charge is 0.504 e. The van der Waals surface area contributed by atoms with E-state index < -0.39 is 29.7 Å². The minimum Gasteiger partial charge on any atom is -0.504 e. The molecule has 8 heteroatoms. The number of carboxylic acid groups (broad SMARTS) is 1. The monoisotopic (exact) mass is 383 g/mol. The number of nitrogens with two attached hydrogens (primary N) is 1. The maximum atomic E-state index is 11.9. The van der Waals surface area contributed by atoms with Gasteiger partial charge in [0.1, 0.15) is 11.6 Å². The number of aliphatic carboxylic acids is 1. The van der Waals surface area contributed by atoms with Gasteiger partial charge in [-0.05, 0) is 30.0 Å². The van der Waals surface area contributed by atoms with Gasteiger partial charge in [0.05, 0.1) is 6.61 Å². The standard InChI is InChI=1S/C19H29NO7/c1-11(12(2)27-17(25)26-10-18(3,4)5)19(20,16(23)24)9-13-6-7-14(21)15(22)8-13/h6-8,11-12,21-22H,9-10,20H2,1-5H3,(H,23,24)/t11-,12+,19-/m1/s1. The highest BCUT2D eigenvalue weighted by Crippen LogP contribution is 2.30. The summed E-state index contributed by atoms with van der Waals surface area (Å²) < 4.78 is 10.2. The Morgan fingerprint density at radius 3 is 2.22 bits per heavy atom. The van der Waals surface area contributed by atoms with Crippen LogP contribution in [0.3, 0.4) is 0 Å². The molecule has 0 fully saturated rings. The molecule has 152 valence electrons. The molecule has 0 unspecified atom stereocenters. The van der Waals surface area contributed by atoms with Crippen molar-refractivity contribution in [1.82, 2.24) is 0 Å². The summed E-state index contributed by atoms with van der Waals surface area (Å²) in [7, 11) is 0. The first-order valence-electron chi connectivity index (χ1n) is 8.63. The molecular weight excluding hydrogens is 354 g/mol. The SMILES string of the molecule is C[C@H](OC(=O)OCC(C)(C)C)[C@@H](C)[C@](N)(Cc1ccc(O)c(O)c1)C(=O)O. The maximum absolute atomic E-state index is 11.9. The van der Waals surface area contributed by atoms with Crippen molar-refractivity contribution in [1.29, 1.82) is 0 Å². The van der Waals surface area contributed by atoms with E-state index in [-0.39, 0.29) is 29.9 Å². The van der Waals surface area contributed by atoms with Crippen molar-refractivity contribution in [3.8, 4) is 11.5 Å². The lowest BCUT2D eigenvalue weighted by atomic mass is 9.78. The lowest BCUT2D eigenvalue weighted by molar-refractivity contribution is -0.147. The van der Waals surface area contributed by atoms with Gasteiger partial charge < -0.3 is 30.5 Å². The van der Waals surface area contributed by atoms with Gasteiger partial charge in [0.2, 0.25) is 0 Å². The second-order valence-electron chi connectivity index (χ2n) is 8.06. The third-order valence-corrected chi connectivity index (χ3v) is 4.36. The summed E-state index contributed by atoms with van der Waals surface area (Å²) in [5.74, 6) is -2.74. The summed E-state index contributed by atoms with van der Waals surface area (Å²) in [6.07, 6.45) is -1.86. The fourth-order valence-corrected chi connectivity index (χ4v) is 2.43. The zero-order valence-corrected chi connectivity index (χ0v) is 16.4. The van der Waals surface area contributed by atoms with E-state index in [0.717, 1.165) is 0 Å². The van der Waals surface area contributed by atoms with Crippen molar-refractivity contribution in [2.24, 2.45) is 17.1 Å². The lowest BCUT2D eigenvalue weighted by Gasteiger charge is -2.34. The third-order valence-electron chi connectivity index (χ3n) is 4.36. The van der Waals surface area contributed by atoms with Gasteiger partial charge >= 0.3 is 12.1 Å². The molecule has 0 bridgehead atoms. The first-order chi connectivity index (χ1) is 12.3. The van der Waals surface area contributed by atoms with Crippen LogP contribution >= 0.6 is 0 Å². The predicted octanol–water partition coefficient (Wildman–Crippen LogP) is 2.65. The molecule has 0 aliphatic heterocycles. The summed E-state index contributed by atoms with van der Waals surface area (Å²) in [6, 6.07) is 3.96. The van der Waals surface area contributed by atoms with Crippen molar-refractivity contribution < 1.29 is 34.4 Å². The molecule has 0 radical (unpaired) electrons. The van der Waals surface area contributed by atoms with Crippen molar-refractivity contribution in [2.75, 3.05) is 6.61 Å².